The second-order valence-electron chi connectivity index (χ2n) is 5.22. The van der Waals surface area contributed by atoms with E-state index in [4.69, 9.17) is 0 Å². The lowest BCUT2D eigenvalue weighted by molar-refractivity contribution is 0.290. The highest BCUT2D eigenvalue weighted by atomic mass is 15.2. The number of aromatic nitrogens is 3. The lowest BCUT2D eigenvalue weighted by Gasteiger charge is -2.32. The summed E-state index contributed by atoms with van der Waals surface area (Å²) >= 11 is 0. The Labute approximate surface area is 123 Å². The van der Waals surface area contributed by atoms with Gasteiger partial charge in [0.15, 0.2) is 0 Å². The SMILES string of the molecule is CC=CN1CCC[C@@H](Nc2ncnc3[nH]cc(C#N)c23)C1. The second-order valence-corrected chi connectivity index (χ2v) is 5.22. The average Bonchev–Trinajstić information content (AvgIpc) is 2.92. The molecular weight excluding hydrogens is 264 g/mol. The smallest absolute Gasteiger partial charge is 0.144 e. The first kappa shape index (κ1) is 13.4. The standard InChI is InChI=1S/C15H18N6/c1-2-5-21-6-3-4-12(9-21)20-15-13-11(7-16)8-17-14(13)18-10-19-15/h2,5,8,10,12H,3-4,6,9H2,1H3,(H2,17,18,19,20)/t12-/m1/s1. The van der Waals surface area contributed by atoms with Gasteiger partial charge in [-0.2, -0.15) is 5.26 Å². The zero-order valence-electron chi connectivity index (χ0n) is 12.0. The predicted octanol–water partition coefficient (Wildman–Crippen LogP) is 2.24. The van der Waals surface area contributed by atoms with E-state index in [1.807, 2.05) is 6.92 Å². The van der Waals surface area contributed by atoms with Gasteiger partial charge in [-0.3, -0.25) is 0 Å². The average molecular weight is 282 g/mol. The number of nitrogens with one attached hydrogen (secondary N) is 2. The molecule has 0 saturated carbocycles. The van der Waals surface area contributed by atoms with Crippen molar-refractivity contribution in [1.82, 2.24) is 19.9 Å². The Kier molecular flexibility index (Phi) is 3.73. The van der Waals surface area contributed by atoms with Crippen LogP contribution < -0.4 is 5.32 Å². The number of nitrogens with zero attached hydrogens (tertiary/aromatic N) is 4. The van der Waals surface area contributed by atoms with E-state index in [1.54, 1.807) is 6.20 Å². The number of nitriles is 1. The number of anilines is 1. The minimum atomic E-state index is 0.328. The Morgan fingerprint density at radius 1 is 1.52 bits per heavy atom. The van der Waals surface area contributed by atoms with Crippen LogP contribution in [0.5, 0.6) is 0 Å². The van der Waals surface area contributed by atoms with Crippen molar-refractivity contribution in [3.8, 4) is 6.07 Å². The first-order valence-electron chi connectivity index (χ1n) is 7.17. The van der Waals surface area contributed by atoms with Crippen molar-refractivity contribution < 1.29 is 0 Å². The molecule has 0 radical (unpaired) electrons. The third-order valence-corrected chi connectivity index (χ3v) is 3.74. The maximum atomic E-state index is 9.20. The lowest BCUT2D eigenvalue weighted by Crippen LogP contribution is -2.39. The summed E-state index contributed by atoms with van der Waals surface area (Å²) in [7, 11) is 0. The lowest BCUT2D eigenvalue weighted by atomic mass is 10.1. The molecule has 1 fully saturated rings. The van der Waals surface area contributed by atoms with Gasteiger partial charge in [-0.15, -0.1) is 0 Å². The molecule has 0 spiro atoms. The molecule has 2 N–H and O–H groups in total. The van der Waals surface area contributed by atoms with Crippen LogP contribution in [0.1, 0.15) is 25.3 Å². The molecule has 3 rings (SSSR count). The van der Waals surface area contributed by atoms with Crippen molar-refractivity contribution >= 4 is 16.9 Å². The first-order chi connectivity index (χ1) is 10.3. The summed E-state index contributed by atoms with van der Waals surface area (Å²) in [6, 6.07) is 2.51. The molecule has 6 nitrogen and oxygen atoms in total. The number of hydrogen-bond acceptors (Lipinski definition) is 5. The van der Waals surface area contributed by atoms with Gasteiger partial charge in [0.1, 0.15) is 23.9 Å². The van der Waals surface area contributed by atoms with Gasteiger partial charge in [0.05, 0.1) is 10.9 Å². The molecule has 2 aromatic heterocycles. The number of H-pyrrole nitrogens is 1. The summed E-state index contributed by atoms with van der Waals surface area (Å²) in [4.78, 5) is 13.8. The number of piperidine rings is 1. The van der Waals surface area contributed by atoms with E-state index in [9.17, 15) is 5.26 Å². The van der Waals surface area contributed by atoms with Crippen LogP contribution in [0.2, 0.25) is 0 Å². The van der Waals surface area contributed by atoms with E-state index in [2.05, 4.69) is 43.5 Å². The molecule has 2 aromatic rings. The van der Waals surface area contributed by atoms with Gasteiger partial charge in [-0.25, -0.2) is 9.97 Å². The van der Waals surface area contributed by atoms with Crippen molar-refractivity contribution in [3.63, 3.8) is 0 Å². The zero-order chi connectivity index (χ0) is 14.7. The van der Waals surface area contributed by atoms with Gasteiger partial charge in [0, 0.05) is 25.3 Å². The molecular formula is C15H18N6. The van der Waals surface area contributed by atoms with Crippen molar-refractivity contribution in [2.45, 2.75) is 25.8 Å². The number of aromatic amines is 1. The van der Waals surface area contributed by atoms with E-state index in [0.717, 1.165) is 37.1 Å². The van der Waals surface area contributed by atoms with Crippen LogP contribution >= 0.6 is 0 Å². The summed E-state index contributed by atoms with van der Waals surface area (Å²) in [5.74, 6) is 0.741. The fraction of sp³-hybridized carbons (Fsp3) is 0.400. The fourth-order valence-electron chi connectivity index (χ4n) is 2.82. The Morgan fingerprint density at radius 3 is 3.24 bits per heavy atom. The molecule has 108 valence electrons. The number of hydrogen-bond donors (Lipinski definition) is 2. The Morgan fingerprint density at radius 2 is 2.43 bits per heavy atom. The molecule has 0 aliphatic carbocycles. The maximum Gasteiger partial charge on any atom is 0.144 e. The van der Waals surface area contributed by atoms with Crippen LogP contribution in [0.3, 0.4) is 0 Å². The van der Waals surface area contributed by atoms with E-state index in [-0.39, 0.29) is 0 Å². The third-order valence-electron chi connectivity index (χ3n) is 3.74. The van der Waals surface area contributed by atoms with Crippen LogP contribution in [-0.2, 0) is 0 Å². The molecule has 21 heavy (non-hydrogen) atoms. The topological polar surface area (TPSA) is 80.6 Å². The van der Waals surface area contributed by atoms with Gasteiger partial charge in [-0.1, -0.05) is 6.08 Å². The molecule has 0 unspecified atom stereocenters. The molecule has 3 heterocycles. The van der Waals surface area contributed by atoms with Gasteiger partial charge in [0.25, 0.3) is 0 Å². The summed E-state index contributed by atoms with van der Waals surface area (Å²) in [5.41, 5.74) is 1.28. The molecule has 1 atom stereocenters. The molecule has 0 aromatic carbocycles. The van der Waals surface area contributed by atoms with Gasteiger partial charge in [-0.05, 0) is 26.0 Å². The Bertz CT molecular complexity index is 696. The third kappa shape index (κ3) is 2.68. The molecule has 1 aliphatic rings. The van der Waals surface area contributed by atoms with E-state index < -0.39 is 0 Å². The summed E-state index contributed by atoms with van der Waals surface area (Å²) < 4.78 is 0. The highest BCUT2D eigenvalue weighted by Crippen LogP contribution is 2.24. The first-order valence-corrected chi connectivity index (χ1v) is 7.17. The van der Waals surface area contributed by atoms with Gasteiger partial charge in [0.2, 0.25) is 0 Å². The molecule has 1 aliphatic heterocycles. The van der Waals surface area contributed by atoms with E-state index in [0.29, 0.717) is 17.3 Å². The van der Waals surface area contributed by atoms with Crippen LogP contribution in [0.15, 0.2) is 24.8 Å². The number of likely N-dealkylation sites (tertiary alicyclic amines) is 1. The maximum absolute atomic E-state index is 9.20. The summed E-state index contributed by atoms with van der Waals surface area (Å²) in [5, 5.41) is 13.5. The Hall–Kier alpha value is -2.55. The zero-order valence-corrected chi connectivity index (χ0v) is 12.0. The number of allylic oxidation sites excluding steroid dienone is 1. The van der Waals surface area contributed by atoms with Crippen molar-refractivity contribution in [2.24, 2.45) is 0 Å². The fourth-order valence-corrected chi connectivity index (χ4v) is 2.82. The van der Waals surface area contributed by atoms with Crippen molar-refractivity contribution in [3.05, 3.63) is 30.4 Å². The van der Waals surface area contributed by atoms with Gasteiger partial charge < -0.3 is 15.2 Å². The second kappa shape index (κ2) is 5.83. The highest BCUT2D eigenvalue weighted by molar-refractivity contribution is 5.92. The monoisotopic (exact) mass is 282 g/mol. The van der Waals surface area contributed by atoms with Crippen LogP contribution in [-0.4, -0.2) is 39.0 Å². The van der Waals surface area contributed by atoms with Crippen LogP contribution in [0, 0.1) is 11.3 Å². The summed E-state index contributed by atoms with van der Waals surface area (Å²) in [6.45, 7) is 4.07. The molecule has 6 heteroatoms. The normalized spacial score (nSPS) is 19.0. The van der Waals surface area contributed by atoms with E-state index in [1.165, 1.54) is 6.33 Å². The minimum Gasteiger partial charge on any atom is -0.376 e. The van der Waals surface area contributed by atoms with Crippen LogP contribution in [0.4, 0.5) is 5.82 Å². The van der Waals surface area contributed by atoms with E-state index >= 15 is 0 Å². The molecule has 0 amide bonds. The minimum absolute atomic E-state index is 0.328. The van der Waals surface area contributed by atoms with Crippen molar-refractivity contribution in [2.75, 3.05) is 18.4 Å². The Balaban J connectivity index is 1.85. The van der Waals surface area contributed by atoms with Crippen molar-refractivity contribution in [1.29, 1.82) is 5.26 Å². The quantitative estimate of drug-likeness (QED) is 0.902. The molecule has 0 bridgehead atoms. The predicted molar refractivity (Wildman–Crippen MR) is 81.6 cm³/mol. The van der Waals surface area contributed by atoms with Gasteiger partial charge >= 0.3 is 0 Å². The summed E-state index contributed by atoms with van der Waals surface area (Å²) in [6.07, 6.45) is 9.64. The molecule has 1 saturated heterocycles. The van der Waals surface area contributed by atoms with Crippen LogP contribution in [0.25, 0.3) is 11.0 Å². The highest BCUT2D eigenvalue weighted by Gasteiger charge is 2.20. The number of fused-ring (bicyclic) bond motifs is 1. The largest absolute Gasteiger partial charge is 0.376 e. The number of rotatable bonds is 3.